The summed E-state index contributed by atoms with van der Waals surface area (Å²) in [5, 5.41) is 2.77. The number of hydrogen-bond donors (Lipinski definition) is 1. The monoisotopic (exact) mass is 384 g/mol. The molecule has 2 amide bonds. The van der Waals surface area contributed by atoms with Gasteiger partial charge in [0.1, 0.15) is 5.75 Å². The van der Waals surface area contributed by atoms with Crippen molar-refractivity contribution < 1.29 is 19.1 Å². The smallest absolute Gasteiger partial charge is 0.239 e. The molecule has 0 aliphatic rings. The number of ether oxygens (including phenoxy) is 2. The maximum absolute atomic E-state index is 12.2. The normalized spacial score (nSPS) is 10.4. The van der Waals surface area contributed by atoms with Gasteiger partial charge in [-0.2, -0.15) is 0 Å². The molecule has 0 aliphatic carbocycles. The van der Waals surface area contributed by atoms with Crippen molar-refractivity contribution >= 4 is 11.8 Å². The molecule has 0 heterocycles. The molecule has 0 aliphatic heterocycles. The van der Waals surface area contributed by atoms with Crippen LogP contribution in [0.25, 0.3) is 11.1 Å². The number of benzene rings is 2. The summed E-state index contributed by atoms with van der Waals surface area (Å²) in [7, 11) is 3.24. The summed E-state index contributed by atoms with van der Waals surface area (Å²) < 4.78 is 10.8. The molecule has 2 aromatic carbocycles. The number of nitrogens with zero attached hydrogens (tertiary/aromatic N) is 1. The van der Waals surface area contributed by atoms with Gasteiger partial charge in [0.2, 0.25) is 11.8 Å². The van der Waals surface area contributed by atoms with Crippen molar-refractivity contribution in [3.63, 3.8) is 0 Å². The van der Waals surface area contributed by atoms with E-state index >= 15 is 0 Å². The molecule has 0 saturated heterocycles. The van der Waals surface area contributed by atoms with Gasteiger partial charge in [-0.3, -0.25) is 9.59 Å². The number of methoxy groups -OCH3 is 1. The Labute approximate surface area is 166 Å². The predicted octanol–water partition coefficient (Wildman–Crippen LogP) is 2.73. The van der Waals surface area contributed by atoms with Gasteiger partial charge in [-0.05, 0) is 18.1 Å². The van der Waals surface area contributed by atoms with E-state index in [-0.39, 0.29) is 31.4 Å². The van der Waals surface area contributed by atoms with E-state index in [4.69, 9.17) is 9.47 Å². The number of rotatable bonds is 11. The van der Waals surface area contributed by atoms with Crippen molar-refractivity contribution in [2.75, 3.05) is 40.5 Å². The first-order chi connectivity index (χ1) is 13.6. The lowest BCUT2D eigenvalue weighted by Crippen LogP contribution is -2.39. The molecular formula is C22H28N2O4. The quantitative estimate of drug-likeness (QED) is 0.605. The maximum atomic E-state index is 12.2. The van der Waals surface area contributed by atoms with Gasteiger partial charge in [0.05, 0.1) is 19.6 Å². The highest BCUT2D eigenvalue weighted by molar-refractivity contribution is 5.84. The van der Waals surface area contributed by atoms with Crippen molar-refractivity contribution in [3.05, 3.63) is 54.6 Å². The fourth-order valence-electron chi connectivity index (χ4n) is 2.69. The van der Waals surface area contributed by atoms with Gasteiger partial charge >= 0.3 is 0 Å². The zero-order valence-electron chi connectivity index (χ0n) is 16.5. The molecule has 0 radical (unpaired) electrons. The number of para-hydroxylation sites is 1. The number of hydrogen-bond acceptors (Lipinski definition) is 4. The summed E-state index contributed by atoms with van der Waals surface area (Å²) in [5.41, 5.74) is 2.05. The van der Waals surface area contributed by atoms with E-state index in [0.717, 1.165) is 23.3 Å². The predicted molar refractivity (Wildman–Crippen MR) is 109 cm³/mol. The lowest BCUT2D eigenvalue weighted by Gasteiger charge is -2.17. The molecule has 0 bridgehead atoms. The maximum Gasteiger partial charge on any atom is 0.239 e. The van der Waals surface area contributed by atoms with E-state index in [0.29, 0.717) is 13.2 Å². The van der Waals surface area contributed by atoms with Gasteiger partial charge < -0.3 is 19.7 Å². The number of nitrogens with one attached hydrogen (secondary N) is 1. The second-order valence-corrected chi connectivity index (χ2v) is 6.41. The van der Waals surface area contributed by atoms with Crippen LogP contribution >= 0.6 is 0 Å². The van der Waals surface area contributed by atoms with Gasteiger partial charge in [-0.25, -0.2) is 0 Å². The van der Waals surface area contributed by atoms with Crippen LogP contribution in [0.3, 0.4) is 0 Å². The van der Waals surface area contributed by atoms with Crippen LogP contribution in [0.2, 0.25) is 0 Å². The highest BCUT2D eigenvalue weighted by atomic mass is 16.5. The molecular weight excluding hydrogens is 356 g/mol. The molecule has 1 N–H and O–H groups in total. The summed E-state index contributed by atoms with van der Waals surface area (Å²) in [6, 6.07) is 17.7. The third-order valence-corrected chi connectivity index (χ3v) is 4.20. The van der Waals surface area contributed by atoms with E-state index < -0.39 is 0 Å². The minimum atomic E-state index is -0.178. The molecule has 28 heavy (non-hydrogen) atoms. The van der Waals surface area contributed by atoms with Gasteiger partial charge in [-0.1, -0.05) is 48.5 Å². The Morgan fingerprint density at radius 1 is 1.00 bits per heavy atom. The number of carbonyl (C=O) groups is 2. The number of carbonyl (C=O) groups excluding carboxylic acids is 2. The molecule has 0 unspecified atom stereocenters. The Morgan fingerprint density at radius 3 is 2.46 bits per heavy atom. The molecule has 0 saturated carbocycles. The van der Waals surface area contributed by atoms with Gasteiger partial charge in [0.25, 0.3) is 0 Å². The molecule has 6 heteroatoms. The minimum absolute atomic E-state index is 0.0341. The molecule has 0 aromatic heterocycles. The number of likely N-dealkylation sites (N-methyl/N-ethyl adjacent to an activating group) is 1. The third-order valence-electron chi connectivity index (χ3n) is 4.20. The summed E-state index contributed by atoms with van der Waals surface area (Å²) in [6.45, 7) is 1.42. The van der Waals surface area contributed by atoms with Gasteiger partial charge in [0.15, 0.2) is 0 Å². The van der Waals surface area contributed by atoms with Crippen molar-refractivity contribution in [3.8, 4) is 16.9 Å². The van der Waals surface area contributed by atoms with Crippen LogP contribution in [0.15, 0.2) is 54.6 Å². The van der Waals surface area contributed by atoms with Crippen molar-refractivity contribution in [2.24, 2.45) is 0 Å². The first-order valence-electron chi connectivity index (χ1n) is 9.38. The highest BCUT2D eigenvalue weighted by Crippen LogP contribution is 2.29. The zero-order valence-corrected chi connectivity index (χ0v) is 16.5. The first kappa shape index (κ1) is 21.4. The average molecular weight is 384 g/mol. The third kappa shape index (κ3) is 7.04. The van der Waals surface area contributed by atoms with Crippen LogP contribution in [0.4, 0.5) is 0 Å². The van der Waals surface area contributed by atoms with Crippen molar-refractivity contribution in [2.45, 2.75) is 12.8 Å². The SMILES string of the molecule is COCCCNC(=O)CN(C)C(=O)CCOc1ccccc1-c1ccccc1. The van der Waals surface area contributed by atoms with Gasteiger partial charge in [0, 0.05) is 32.9 Å². The fourth-order valence-corrected chi connectivity index (χ4v) is 2.69. The second-order valence-electron chi connectivity index (χ2n) is 6.41. The molecule has 0 atom stereocenters. The second kappa shape index (κ2) is 11.8. The fraction of sp³-hybridized carbons (Fsp3) is 0.364. The standard InChI is InChI=1S/C22H28N2O4/c1-24(17-21(25)23-14-8-15-27-2)22(26)13-16-28-20-12-7-6-11-19(20)18-9-4-3-5-10-18/h3-7,9-12H,8,13-17H2,1-2H3,(H,23,25). The Morgan fingerprint density at radius 2 is 1.71 bits per heavy atom. The van der Waals surface area contributed by atoms with Crippen molar-refractivity contribution in [1.82, 2.24) is 10.2 Å². The van der Waals surface area contributed by atoms with Crippen molar-refractivity contribution in [1.29, 1.82) is 0 Å². The molecule has 2 rings (SSSR count). The van der Waals surface area contributed by atoms with E-state index in [2.05, 4.69) is 5.32 Å². The Balaban J connectivity index is 1.79. The highest BCUT2D eigenvalue weighted by Gasteiger charge is 2.13. The first-order valence-corrected chi connectivity index (χ1v) is 9.38. The summed E-state index contributed by atoms with van der Waals surface area (Å²) >= 11 is 0. The van der Waals surface area contributed by atoms with Crippen LogP contribution in [0, 0.1) is 0 Å². The van der Waals surface area contributed by atoms with Crippen LogP contribution in [0.1, 0.15) is 12.8 Å². The molecule has 0 spiro atoms. The minimum Gasteiger partial charge on any atom is -0.492 e. The lowest BCUT2D eigenvalue weighted by molar-refractivity contribution is -0.135. The largest absolute Gasteiger partial charge is 0.492 e. The average Bonchev–Trinajstić information content (AvgIpc) is 2.72. The lowest BCUT2D eigenvalue weighted by atomic mass is 10.1. The van der Waals surface area contributed by atoms with Crippen LogP contribution < -0.4 is 10.1 Å². The molecule has 150 valence electrons. The Bertz CT molecular complexity index is 749. The van der Waals surface area contributed by atoms with E-state index in [1.165, 1.54) is 4.90 Å². The Kier molecular flexibility index (Phi) is 9.01. The van der Waals surface area contributed by atoms with E-state index in [1.807, 2.05) is 54.6 Å². The zero-order chi connectivity index (χ0) is 20.2. The Hall–Kier alpha value is -2.86. The molecule has 2 aromatic rings. The summed E-state index contributed by atoms with van der Waals surface area (Å²) in [4.78, 5) is 25.5. The van der Waals surface area contributed by atoms with Gasteiger partial charge in [-0.15, -0.1) is 0 Å². The molecule has 6 nitrogen and oxygen atoms in total. The van der Waals surface area contributed by atoms with Crippen LogP contribution in [-0.2, 0) is 14.3 Å². The summed E-state index contributed by atoms with van der Waals surface area (Å²) in [5.74, 6) is 0.423. The topological polar surface area (TPSA) is 67.9 Å². The van der Waals surface area contributed by atoms with Crippen LogP contribution in [0.5, 0.6) is 5.75 Å². The summed E-state index contributed by atoms with van der Waals surface area (Å²) in [6.07, 6.45) is 0.950. The van der Waals surface area contributed by atoms with E-state index in [9.17, 15) is 9.59 Å². The van der Waals surface area contributed by atoms with Crippen LogP contribution in [-0.4, -0.2) is 57.2 Å². The molecule has 0 fully saturated rings. The number of amides is 2. The van der Waals surface area contributed by atoms with E-state index in [1.54, 1.807) is 14.2 Å².